The van der Waals surface area contributed by atoms with Crippen LogP contribution in [0.5, 0.6) is 0 Å². The highest BCUT2D eigenvalue weighted by Gasteiger charge is 2.30. The molecule has 0 atom stereocenters. The van der Waals surface area contributed by atoms with Gasteiger partial charge in [-0.15, -0.1) is 11.3 Å². The van der Waals surface area contributed by atoms with E-state index in [0.717, 1.165) is 16.1 Å². The van der Waals surface area contributed by atoms with Gasteiger partial charge in [-0.3, -0.25) is 10.1 Å². The second kappa shape index (κ2) is 7.46. The molecule has 0 spiro atoms. The molecule has 28 heavy (non-hydrogen) atoms. The number of carbonyl (C=O) groups is 1. The minimum Gasteiger partial charge on any atom is -0.298 e. The minimum absolute atomic E-state index is 0.226. The van der Waals surface area contributed by atoms with Crippen LogP contribution in [0.3, 0.4) is 0 Å². The molecule has 6 nitrogen and oxygen atoms in total. The smallest absolute Gasteiger partial charge is 0.257 e. The Kier molecular flexibility index (Phi) is 5.01. The first-order chi connectivity index (χ1) is 13.4. The number of aromatic nitrogens is 1. The first-order valence-corrected chi connectivity index (χ1v) is 11.1. The molecular formula is C20H19N3O3S2. The van der Waals surface area contributed by atoms with Gasteiger partial charge in [-0.05, 0) is 31.2 Å². The molecule has 1 amide bonds. The number of carbonyl (C=O) groups excluding carboxylic acids is 1. The summed E-state index contributed by atoms with van der Waals surface area (Å²) in [6.45, 7) is 2.57. The molecule has 0 bridgehead atoms. The van der Waals surface area contributed by atoms with Crippen LogP contribution in [0.1, 0.15) is 26.5 Å². The first kappa shape index (κ1) is 18.8. The molecule has 0 fully saturated rings. The van der Waals surface area contributed by atoms with Crippen LogP contribution >= 0.6 is 11.3 Å². The van der Waals surface area contributed by atoms with Gasteiger partial charge < -0.3 is 0 Å². The van der Waals surface area contributed by atoms with Crippen LogP contribution < -0.4 is 5.32 Å². The SMILES string of the molecule is Cc1ccc(S(=O)(=O)N2CCc3nc(NC(=O)c4ccccc4)sc3C2)cc1. The van der Waals surface area contributed by atoms with Crippen molar-refractivity contribution >= 4 is 32.4 Å². The topological polar surface area (TPSA) is 79.4 Å². The Balaban J connectivity index is 1.52. The fourth-order valence-electron chi connectivity index (χ4n) is 3.05. The average Bonchev–Trinajstić information content (AvgIpc) is 3.10. The third kappa shape index (κ3) is 3.71. The molecule has 0 saturated carbocycles. The average molecular weight is 414 g/mol. The van der Waals surface area contributed by atoms with E-state index in [1.54, 1.807) is 48.5 Å². The number of hydrogen-bond acceptors (Lipinski definition) is 5. The zero-order valence-corrected chi connectivity index (χ0v) is 16.9. The number of amides is 1. The van der Waals surface area contributed by atoms with Crippen molar-refractivity contribution in [1.82, 2.24) is 9.29 Å². The molecule has 0 saturated heterocycles. The predicted octanol–water partition coefficient (Wildman–Crippen LogP) is 3.45. The van der Waals surface area contributed by atoms with Gasteiger partial charge in [0.1, 0.15) is 0 Å². The molecule has 0 aliphatic carbocycles. The minimum atomic E-state index is -3.55. The standard InChI is InChI=1S/C20H19N3O3S2/c1-14-7-9-16(10-8-14)28(25,26)23-12-11-17-18(13-23)27-20(21-17)22-19(24)15-5-3-2-4-6-15/h2-10H,11-13H2,1H3,(H,21,22,24). The van der Waals surface area contributed by atoms with Gasteiger partial charge in [-0.25, -0.2) is 13.4 Å². The van der Waals surface area contributed by atoms with E-state index in [9.17, 15) is 13.2 Å². The van der Waals surface area contributed by atoms with Crippen molar-refractivity contribution in [3.8, 4) is 0 Å². The van der Waals surface area contributed by atoms with Crippen LogP contribution in [0, 0.1) is 6.92 Å². The first-order valence-electron chi connectivity index (χ1n) is 8.85. The number of thiazole rings is 1. The number of nitrogens with zero attached hydrogens (tertiary/aromatic N) is 2. The Morgan fingerprint density at radius 1 is 1.11 bits per heavy atom. The lowest BCUT2D eigenvalue weighted by atomic mass is 10.2. The Labute approximate surface area is 167 Å². The van der Waals surface area contributed by atoms with Crippen LogP contribution in [-0.2, 0) is 23.0 Å². The maximum Gasteiger partial charge on any atom is 0.257 e. The van der Waals surface area contributed by atoms with Crippen molar-refractivity contribution in [3.63, 3.8) is 0 Å². The molecule has 4 rings (SSSR count). The second-order valence-corrected chi connectivity index (χ2v) is 9.63. The van der Waals surface area contributed by atoms with Gasteiger partial charge in [0, 0.05) is 23.4 Å². The van der Waals surface area contributed by atoms with Gasteiger partial charge in [0.15, 0.2) is 5.13 Å². The summed E-state index contributed by atoms with van der Waals surface area (Å²) in [4.78, 5) is 18.0. The van der Waals surface area contributed by atoms with E-state index in [1.807, 2.05) is 13.0 Å². The summed E-state index contributed by atoms with van der Waals surface area (Å²) in [5.41, 5.74) is 2.42. The predicted molar refractivity (Wildman–Crippen MR) is 109 cm³/mol. The number of aryl methyl sites for hydroxylation is 1. The third-order valence-corrected chi connectivity index (χ3v) is 7.47. The molecule has 1 aromatic heterocycles. The summed E-state index contributed by atoms with van der Waals surface area (Å²) in [6.07, 6.45) is 0.526. The summed E-state index contributed by atoms with van der Waals surface area (Å²) in [5, 5.41) is 3.30. The van der Waals surface area contributed by atoms with E-state index >= 15 is 0 Å². The highest BCUT2D eigenvalue weighted by molar-refractivity contribution is 7.89. The molecule has 2 aromatic carbocycles. The normalized spacial score (nSPS) is 14.5. The zero-order valence-electron chi connectivity index (χ0n) is 15.3. The lowest BCUT2D eigenvalue weighted by molar-refractivity contribution is 0.102. The third-order valence-electron chi connectivity index (χ3n) is 4.61. The lowest BCUT2D eigenvalue weighted by Gasteiger charge is -2.25. The van der Waals surface area contributed by atoms with Crippen molar-refractivity contribution in [2.75, 3.05) is 11.9 Å². The highest BCUT2D eigenvalue weighted by atomic mass is 32.2. The van der Waals surface area contributed by atoms with E-state index < -0.39 is 10.0 Å². The molecule has 8 heteroatoms. The molecule has 144 valence electrons. The number of benzene rings is 2. The summed E-state index contributed by atoms with van der Waals surface area (Å²) >= 11 is 1.33. The number of sulfonamides is 1. The monoisotopic (exact) mass is 413 g/mol. The van der Waals surface area contributed by atoms with Crippen molar-refractivity contribution in [2.45, 2.75) is 24.8 Å². The molecule has 0 radical (unpaired) electrons. The Bertz CT molecular complexity index is 1110. The Morgan fingerprint density at radius 3 is 2.54 bits per heavy atom. The molecule has 0 unspecified atom stereocenters. The van der Waals surface area contributed by atoms with Gasteiger partial charge in [-0.2, -0.15) is 4.31 Å². The molecule has 1 N–H and O–H groups in total. The van der Waals surface area contributed by atoms with Gasteiger partial charge >= 0.3 is 0 Å². The number of anilines is 1. The van der Waals surface area contributed by atoms with E-state index in [1.165, 1.54) is 15.6 Å². The summed E-state index contributed by atoms with van der Waals surface area (Å²) < 4.78 is 27.3. The van der Waals surface area contributed by atoms with Crippen molar-refractivity contribution in [2.24, 2.45) is 0 Å². The molecular weight excluding hydrogens is 394 g/mol. The second-order valence-electron chi connectivity index (χ2n) is 6.61. The van der Waals surface area contributed by atoms with E-state index in [-0.39, 0.29) is 12.5 Å². The number of rotatable bonds is 4. The summed E-state index contributed by atoms with van der Waals surface area (Å²) in [7, 11) is -3.55. The van der Waals surface area contributed by atoms with Gasteiger partial charge in [-0.1, -0.05) is 35.9 Å². The lowest BCUT2D eigenvalue weighted by Crippen LogP contribution is -2.35. The molecule has 1 aliphatic heterocycles. The van der Waals surface area contributed by atoms with Crippen LogP contribution in [0.4, 0.5) is 5.13 Å². The Hall–Kier alpha value is -2.55. The fourth-order valence-corrected chi connectivity index (χ4v) is 5.56. The van der Waals surface area contributed by atoms with Crippen molar-refractivity contribution in [1.29, 1.82) is 0 Å². The largest absolute Gasteiger partial charge is 0.298 e. The van der Waals surface area contributed by atoms with Gasteiger partial charge in [0.25, 0.3) is 5.91 Å². The van der Waals surface area contributed by atoms with Crippen molar-refractivity contribution in [3.05, 3.63) is 76.3 Å². The highest BCUT2D eigenvalue weighted by Crippen LogP contribution is 2.31. The van der Waals surface area contributed by atoms with Crippen molar-refractivity contribution < 1.29 is 13.2 Å². The number of nitrogens with one attached hydrogen (secondary N) is 1. The van der Waals surface area contributed by atoms with Gasteiger partial charge in [0.2, 0.25) is 10.0 Å². The van der Waals surface area contributed by atoms with Crippen LogP contribution in [-0.4, -0.2) is 30.2 Å². The summed E-state index contributed by atoms with van der Waals surface area (Å²) in [6, 6.07) is 15.8. The van der Waals surface area contributed by atoms with Crippen LogP contribution in [0.15, 0.2) is 59.5 Å². The van der Waals surface area contributed by atoms with Crippen LogP contribution in [0.25, 0.3) is 0 Å². The number of fused-ring (bicyclic) bond motifs is 1. The zero-order chi connectivity index (χ0) is 19.7. The molecule has 2 heterocycles. The number of hydrogen-bond donors (Lipinski definition) is 1. The quantitative estimate of drug-likeness (QED) is 0.710. The Morgan fingerprint density at radius 2 is 1.82 bits per heavy atom. The van der Waals surface area contributed by atoms with E-state index in [2.05, 4.69) is 10.3 Å². The summed E-state index contributed by atoms with van der Waals surface area (Å²) in [5.74, 6) is -0.226. The van der Waals surface area contributed by atoms with E-state index in [4.69, 9.17) is 0 Å². The fraction of sp³-hybridized carbons (Fsp3) is 0.200. The van der Waals surface area contributed by atoms with Crippen LogP contribution in [0.2, 0.25) is 0 Å². The molecule has 3 aromatic rings. The maximum atomic E-state index is 12.9. The maximum absolute atomic E-state index is 12.9. The molecule has 1 aliphatic rings. The van der Waals surface area contributed by atoms with Gasteiger partial charge in [0.05, 0.1) is 17.1 Å². The van der Waals surface area contributed by atoms with E-state index in [0.29, 0.717) is 28.6 Å².